The number of carbonyl (C=O) groups is 1. The first kappa shape index (κ1) is 16.1. The quantitative estimate of drug-likeness (QED) is 0.918. The second kappa shape index (κ2) is 6.18. The molecule has 1 amide bonds. The Labute approximate surface area is 145 Å². The number of nitrogens with two attached hydrogens (primary N) is 1. The molecule has 1 unspecified atom stereocenters. The third kappa shape index (κ3) is 2.40. The molecule has 3 aliphatic rings. The highest BCUT2D eigenvalue weighted by Crippen LogP contribution is 2.55. The van der Waals surface area contributed by atoms with Crippen molar-refractivity contribution >= 4 is 5.91 Å². The van der Waals surface area contributed by atoms with Crippen LogP contribution in [0.3, 0.4) is 0 Å². The van der Waals surface area contributed by atoms with Gasteiger partial charge in [-0.25, -0.2) is 0 Å². The molecule has 3 heteroatoms. The average molecular weight is 326 g/mol. The lowest BCUT2D eigenvalue weighted by molar-refractivity contribution is -0.0117. The Morgan fingerprint density at radius 2 is 2.21 bits per heavy atom. The lowest BCUT2D eigenvalue weighted by atomic mass is 9.52. The number of nitrogens with zero attached hydrogens (tertiary/aromatic N) is 1. The molecule has 2 aliphatic carbocycles. The monoisotopic (exact) mass is 326 g/mol. The van der Waals surface area contributed by atoms with Crippen LogP contribution in [0.4, 0.5) is 0 Å². The van der Waals surface area contributed by atoms with Crippen molar-refractivity contribution in [3.8, 4) is 0 Å². The largest absolute Gasteiger partial charge is 0.366 e. The van der Waals surface area contributed by atoms with Crippen LogP contribution in [0.2, 0.25) is 0 Å². The molecule has 0 aromatic heterocycles. The number of carbonyl (C=O) groups excluding carboxylic acids is 1. The number of fused-ring (bicyclic) bond motifs is 1. The minimum atomic E-state index is -0.288. The predicted molar refractivity (Wildman–Crippen MR) is 97.2 cm³/mol. The van der Waals surface area contributed by atoms with Crippen LogP contribution in [0.15, 0.2) is 18.2 Å². The van der Waals surface area contributed by atoms with Gasteiger partial charge in [0.15, 0.2) is 0 Å². The molecule has 1 aromatic rings. The van der Waals surface area contributed by atoms with Gasteiger partial charge in [-0.1, -0.05) is 32.3 Å². The van der Waals surface area contributed by atoms with E-state index in [1.54, 1.807) is 0 Å². The minimum absolute atomic E-state index is 0.288. The van der Waals surface area contributed by atoms with Gasteiger partial charge in [-0.05, 0) is 74.4 Å². The SMILES string of the molecule is CCCCN1CCC23CCCC[C@H]2[C@H]1Cc1ccc(C(N)=O)cc13. The van der Waals surface area contributed by atoms with Crippen molar-refractivity contribution in [2.24, 2.45) is 11.7 Å². The number of likely N-dealkylation sites (tertiary alicyclic amines) is 1. The van der Waals surface area contributed by atoms with Crippen molar-refractivity contribution in [1.82, 2.24) is 4.90 Å². The van der Waals surface area contributed by atoms with E-state index in [-0.39, 0.29) is 5.91 Å². The van der Waals surface area contributed by atoms with E-state index in [4.69, 9.17) is 5.73 Å². The fourth-order valence-electron chi connectivity index (χ4n) is 5.88. The minimum Gasteiger partial charge on any atom is -0.366 e. The molecule has 0 spiro atoms. The zero-order chi connectivity index (χ0) is 16.7. The van der Waals surface area contributed by atoms with Crippen molar-refractivity contribution < 1.29 is 4.79 Å². The molecule has 0 radical (unpaired) electrons. The Hall–Kier alpha value is -1.35. The number of piperidine rings is 1. The van der Waals surface area contributed by atoms with Crippen molar-refractivity contribution in [3.05, 3.63) is 34.9 Å². The second-order valence-electron chi connectivity index (χ2n) is 8.16. The molecule has 3 nitrogen and oxygen atoms in total. The highest BCUT2D eigenvalue weighted by Gasteiger charge is 2.53. The summed E-state index contributed by atoms with van der Waals surface area (Å²) in [5.74, 6) is 0.483. The molecular weight excluding hydrogens is 296 g/mol. The van der Waals surface area contributed by atoms with Crippen molar-refractivity contribution in [2.45, 2.75) is 69.7 Å². The first-order valence-corrected chi connectivity index (χ1v) is 9.83. The highest BCUT2D eigenvalue weighted by atomic mass is 16.1. The van der Waals surface area contributed by atoms with E-state index in [1.165, 1.54) is 69.2 Å². The van der Waals surface area contributed by atoms with Crippen LogP contribution in [0.25, 0.3) is 0 Å². The van der Waals surface area contributed by atoms with Gasteiger partial charge in [0.1, 0.15) is 0 Å². The standard InChI is InChI=1S/C21H30N2O/c1-2-3-11-23-12-10-21-9-5-4-6-17(21)19(23)14-15-7-8-16(20(22)24)13-18(15)21/h7-8,13,17,19H,2-6,9-12,14H2,1H3,(H2,22,24)/t17-,19+,21?/m0/s1. The van der Waals surface area contributed by atoms with Gasteiger partial charge >= 0.3 is 0 Å². The van der Waals surface area contributed by atoms with Gasteiger partial charge in [0.2, 0.25) is 5.91 Å². The molecule has 24 heavy (non-hydrogen) atoms. The lowest BCUT2D eigenvalue weighted by Gasteiger charge is -2.59. The third-order valence-electron chi connectivity index (χ3n) is 7.04. The Balaban J connectivity index is 1.76. The molecule has 3 atom stereocenters. The van der Waals surface area contributed by atoms with Crippen LogP contribution in [0.1, 0.15) is 73.4 Å². The summed E-state index contributed by atoms with van der Waals surface area (Å²) in [6.07, 6.45) is 10.4. The molecule has 130 valence electrons. The molecule has 1 heterocycles. The highest BCUT2D eigenvalue weighted by molar-refractivity contribution is 5.93. The van der Waals surface area contributed by atoms with Gasteiger partial charge < -0.3 is 5.73 Å². The third-order valence-corrected chi connectivity index (χ3v) is 7.04. The van der Waals surface area contributed by atoms with Crippen LogP contribution < -0.4 is 5.73 Å². The number of primary amides is 1. The summed E-state index contributed by atoms with van der Waals surface area (Å²) >= 11 is 0. The Bertz CT molecular complexity index is 641. The Kier molecular flexibility index (Phi) is 4.16. The Morgan fingerprint density at radius 1 is 1.33 bits per heavy atom. The summed E-state index contributed by atoms with van der Waals surface area (Å²) in [6, 6.07) is 6.98. The summed E-state index contributed by atoms with van der Waals surface area (Å²) in [4.78, 5) is 14.5. The van der Waals surface area contributed by atoms with Gasteiger partial charge in [0.25, 0.3) is 0 Å². The van der Waals surface area contributed by atoms with Gasteiger partial charge in [0, 0.05) is 17.0 Å². The molecule has 2 N–H and O–H groups in total. The molecule has 1 saturated carbocycles. The molecule has 4 rings (SSSR count). The molecule has 1 aliphatic heterocycles. The smallest absolute Gasteiger partial charge is 0.248 e. The fourth-order valence-corrected chi connectivity index (χ4v) is 5.88. The predicted octanol–water partition coefficient (Wildman–Crippen LogP) is 3.64. The van der Waals surface area contributed by atoms with Crippen LogP contribution in [-0.4, -0.2) is 29.9 Å². The lowest BCUT2D eigenvalue weighted by Crippen LogP contribution is -2.61. The molecule has 2 bridgehead atoms. The first-order valence-electron chi connectivity index (χ1n) is 9.83. The number of amides is 1. The van der Waals surface area contributed by atoms with E-state index in [0.29, 0.717) is 17.0 Å². The van der Waals surface area contributed by atoms with Crippen molar-refractivity contribution in [1.29, 1.82) is 0 Å². The van der Waals surface area contributed by atoms with E-state index in [1.807, 2.05) is 6.07 Å². The Morgan fingerprint density at radius 3 is 3.00 bits per heavy atom. The van der Waals surface area contributed by atoms with Crippen molar-refractivity contribution in [3.63, 3.8) is 0 Å². The van der Waals surface area contributed by atoms with Gasteiger partial charge in [0.05, 0.1) is 0 Å². The van der Waals surface area contributed by atoms with Crippen LogP contribution in [0.5, 0.6) is 0 Å². The fraction of sp³-hybridized carbons (Fsp3) is 0.667. The molecular formula is C21H30N2O. The summed E-state index contributed by atoms with van der Waals surface area (Å²) in [6.45, 7) is 4.76. The number of unbranched alkanes of at least 4 members (excludes halogenated alkanes) is 1. The van der Waals surface area contributed by atoms with E-state index in [0.717, 1.165) is 12.3 Å². The van der Waals surface area contributed by atoms with Crippen LogP contribution in [-0.2, 0) is 11.8 Å². The summed E-state index contributed by atoms with van der Waals surface area (Å²) in [5, 5.41) is 0. The maximum atomic E-state index is 11.7. The zero-order valence-corrected chi connectivity index (χ0v) is 14.9. The number of benzene rings is 1. The average Bonchev–Trinajstić information content (AvgIpc) is 2.60. The van der Waals surface area contributed by atoms with Gasteiger partial charge in [-0.15, -0.1) is 0 Å². The van der Waals surface area contributed by atoms with E-state index < -0.39 is 0 Å². The maximum absolute atomic E-state index is 11.7. The molecule has 1 aromatic carbocycles. The first-order chi connectivity index (χ1) is 11.7. The van der Waals surface area contributed by atoms with E-state index in [9.17, 15) is 4.79 Å². The topological polar surface area (TPSA) is 46.3 Å². The normalized spacial score (nSPS) is 32.0. The summed E-state index contributed by atoms with van der Waals surface area (Å²) < 4.78 is 0. The summed E-state index contributed by atoms with van der Waals surface area (Å²) in [5.41, 5.74) is 9.52. The van der Waals surface area contributed by atoms with Gasteiger partial charge in [-0.2, -0.15) is 0 Å². The van der Waals surface area contributed by atoms with Crippen LogP contribution in [0, 0.1) is 5.92 Å². The van der Waals surface area contributed by atoms with Crippen molar-refractivity contribution in [2.75, 3.05) is 13.1 Å². The number of hydrogen-bond donors (Lipinski definition) is 1. The van der Waals surface area contributed by atoms with E-state index in [2.05, 4.69) is 24.0 Å². The van der Waals surface area contributed by atoms with E-state index >= 15 is 0 Å². The summed E-state index contributed by atoms with van der Waals surface area (Å²) in [7, 11) is 0. The number of rotatable bonds is 4. The molecule has 1 saturated heterocycles. The molecule has 2 fully saturated rings. The maximum Gasteiger partial charge on any atom is 0.248 e. The number of hydrogen-bond acceptors (Lipinski definition) is 2. The van der Waals surface area contributed by atoms with Gasteiger partial charge in [-0.3, -0.25) is 9.69 Å². The zero-order valence-electron chi connectivity index (χ0n) is 14.9. The second-order valence-corrected chi connectivity index (χ2v) is 8.16. The van der Waals surface area contributed by atoms with Crippen LogP contribution >= 0.6 is 0 Å².